The van der Waals surface area contributed by atoms with Crippen LogP contribution in [0.1, 0.15) is 0 Å². The van der Waals surface area contributed by atoms with Gasteiger partial charge in [-0.05, 0) is 30.3 Å². The van der Waals surface area contributed by atoms with E-state index < -0.39 is 5.82 Å². The van der Waals surface area contributed by atoms with E-state index >= 15 is 0 Å². The van der Waals surface area contributed by atoms with E-state index in [2.05, 4.69) is 4.98 Å². The molecule has 0 aliphatic heterocycles. The fourth-order valence-corrected chi connectivity index (χ4v) is 2.91. The maximum atomic E-state index is 13.8. The molecule has 2 aromatic carbocycles. The van der Waals surface area contributed by atoms with E-state index in [0.29, 0.717) is 5.01 Å². The van der Waals surface area contributed by atoms with E-state index in [4.69, 9.17) is 4.74 Å². The number of benzene rings is 2. The highest BCUT2D eigenvalue weighted by Gasteiger charge is 2.15. The lowest BCUT2D eigenvalue weighted by Crippen LogP contribution is -1.83. The van der Waals surface area contributed by atoms with Gasteiger partial charge in [-0.15, -0.1) is 11.3 Å². The number of aromatic hydroxyl groups is 1. The summed E-state index contributed by atoms with van der Waals surface area (Å²) in [7, 11) is 1.59. The number of hydrogen-bond donors (Lipinski definition) is 1. The summed E-state index contributed by atoms with van der Waals surface area (Å²) in [4.78, 5) is 4.34. The van der Waals surface area contributed by atoms with E-state index in [9.17, 15) is 9.50 Å². The fourth-order valence-electron chi connectivity index (χ4n) is 1.86. The van der Waals surface area contributed by atoms with E-state index in [0.717, 1.165) is 16.0 Å². The summed E-state index contributed by atoms with van der Waals surface area (Å²) in [6, 6.07) is 9.67. The summed E-state index contributed by atoms with van der Waals surface area (Å²) >= 11 is 1.32. The number of hydrogen-bond acceptors (Lipinski definition) is 4. The molecular formula is C14H10FNO2S. The average Bonchev–Trinajstić information content (AvgIpc) is 2.80. The fraction of sp³-hybridized carbons (Fsp3) is 0.0714. The highest BCUT2D eigenvalue weighted by atomic mass is 32.1. The number of phenolic OH excluding ortho intramolecular Hbond substituents is 1. The second-order valence-electron chi connectivity index (χ2n) is 3.99. The Balaban J connectivity index is 2.21. The van der Waals surface area contributed by atoms with Gasteiger partial charge in [-0.25, -0.2) is 9.37 Å². The third kappa shape index (κ3) is 2.02. The van der Waals surface area contributed by atoms with Crippen molar-refractivity contribution in [2.24, 2.45) is 0 Å². The number of aromatic nitrogens is 1. The Morgan fingerprint density at radius 2 is 2.11 bits per heavy atom. The van der Waals surface area contributed by atoms with Crippen molar-refractivity contribution in [3.8, 4) is 22.1 Å². The van der Waals surface area contributed by atoms with Gasteiger partial charge >= 0.3 is 0 Å². The highest BCUT2D eigenvalue weighted by Crippen LogP contribution is 2.37. The quantitative estimate of drug-likeness (QED) is 0.773. The van der Waals surface area contributed by atoms with Crippen molar-refractivity contribution >= 4 is 21.6 Å². The Bertz CT molecular complexity index is 734. The Kier molecular flexibility index (Phi) is 2.83. The maximum Gasteiger partial charge on any atom is 0.137 e. The molecule has 0 aliphatic carbocycles. The van der Waals surface area contributed by atoms with Crippen LogP contribution in [0.5, 0.6) is 11.5 Å². The number of methoxy groups -OCH3 is 1. The summed E-state index contributed by atoms with van der Waals surface area (Å²) in [5.41, 5.74) is 0.895. The molecule has 0 saturated heterocycles. The third-order valence-corrected chi connectivity index (χ3v) is 3.84. The lowest BCUT2D eigenvalue weighted by Gasteiger charge is -2.01. The molecule has 0 aliphatic rings. The number of phenols is 1. The van der Waals surface area contributed by atoms with Crippen molar-refractivity contribution in [1.29, 1.82) is 0 Å². The first-order valence-corrected chi connectivity index (χ1v) is 6.43. The summed E-state index contributed by atoms with van der Waals surface area (Å²) in [5.74, 6) is 0.137. The van der Waals surface area contributed by atoms with Gasteiger partial charge in [0.25, 0.3) is 0 Å². The molecule has 1 heterocycles. The summed E-state index contributed by atoms with van der Waals surface area (Å²) < 4.78 is 19.8. The van der Waals surface area contributed by atoms with Crippen LogP contribution in [0, 0.1) is 5.82 Å². The van der Waals surface area contributed by atoms with Crippen LogP contribution >= 0.6 is 11.3 Å². The van der Waals surface area contributed by atoms with Crippen LogP contribution in [0.25, 0.3) is 20.8 Å². The highest BCUT2D eigenvalue weighted by molar-refractivity contribution is 7.21. The molecule has 0 bridgehead atoms. The average molecular weight is 275 g/mol. The largest absolute Gasteiger partial charge is 0.507 e. The molecule has 1 N–H and O–H groups in total. The van der Waals surface area contributed by atoms with Crippen molar-refractivity contribution < 1.29 is 14.2 Å². The molecular weight excluding hydrogens is 265 g/mol. The van der Waals surface area contributed by atoms with E-state index in [1.165, 1.54) is 29.5 Å². The van der Waals surface area contributed by atoms with E-state index in [1.54, 1.807) is 13.2 Å². The molecule has 0 radical (unpaired) electrons. The molecule has 0 unspecified atom stereocenters. The zero-order valence-electron chi connectivity index (χ0n) is 10.1. The zero-order valence-corrected chi connectivity index (χ0v) is 10.9. The van der Waals surface area contributed by atoms with Gasteiger partial charge in [0.15, 0.2) is 0 Å². The first-order valence-electron chi connectivity index (χ1n) is 5.61. The van der Waals surface area contributed by atoms with Crippen molar-refractivity contribution in [3.63, 3.8) is 0 Å². The third-order valence-electron chi connectivity index (χ3n) is 2.80. The molecule has 1 aromatic heterocycles. The number of nitrogens with zero attached hydrogens (tertiary/aromatic N) is 1. The van der Waals surface area contributed by atoms with Gasteiger partial charge in [-0.3, -0.25) is 0 Å². The molecule has 5 heteroatoms. The number of rotatable bonds is 2. The van der Waals surface area contributed by atoms with Gasteiger partial charge in [-0.2, -0.15) is 0 Å². The predicted molar refractivity (Wildman–Crippen MR) is 73.2 cm³/mol. The minimum absolute atomic E-state index is 0.106. The number of fused-ring (bicyclic) bond motifs is 1. The molecule has 3 nitrogen and oxygen atoms in total. The Morgan fingerprint density at radius 3 is 2.84 bits per heavy atom. The van der Waals surface area contributed by atoms with Gasteiger partial charge in [0.05, 0.1) is 22.9 Å². The second-order valence-corrected chi connectivity index (χ2v) is 5.02. The molecule has 3 aromatic rings. The number of thiazole rings is 1. The Hall–Kier alpha value is -2.14. The minimum atomic E-state index is -0.481. The van der Waals surface area contributed by atoms with Gasteiger partial charge in [0.2, 0.25) is 0 Å². The van der Waals surface area contributed by atoms with Crippen molar-refractivity contribution in [2.75, 3.05) is 7.11 Å². The van der Waals surface area contributed by atoms with Crippen molar-refractivity contribution in [2.45, 2.75) is 0 Å². The summed E-state index contributed by atoms with van der Waals surface area (Å²) in [6.07, 6.45) is 0. The molecule has 0 amide bonds. The lowest BCUT2D eigenvalue weighted by molar-refractivity contribution is 0.415. The molecule has 0 saturated carbocycles. The van der Waals surface area contributed by atoms with Gasteiger partial charge in [0.1, 0.15) is 22.3 Å². The summed E-state index contributed by atoms with van der Waals surface area (Å²) in [5, 5.41) is 10.2. The molecule has 96 valence electrons. The number of ether oxygens (including phenoxy) is 1. The number of halogens is 1. The standard InChI is InChI=1S/C14H10FNO2S/c1-18-8-5-6-10-12(7-8)19-14(16-10)13-9(15)3-2-4-11(13)17/h2-7,17H,1H3. The van der Waals surface area contributed by atoms with Crippen LogP contribution in [-0.2, 0) is 0 Å². The Labute approximate surface area is 112 Å². The summed E-state index contributed by atoms with van der Waals surface area (Å²) in [6.45, 7) is 0. The van der Waals surface area contributed by atoms with E-state index in [-0.39, 0.29) is 11.3 Å². The van der Waals surface area contributed by atoms with Gasteiger partial charge in [0, 0.05) is 0 Å². The smallest absolute Gasteiger partial charge is 0.137 e. The first-order chi connectivity index (χ1) is 9.19. The maximum absolute atomic E-state index is 13.8. The van der Waals surface area contributed by atoms with E-state index in [1.807, 2.05) is 12.1 Å². The lowest BCUT2D eigenvalue weighted by atomic mass is 10.2. The molecule has 19 heavy (non-hydrogen) atoms. The molecule has 0 atom stereocenters. The molecule has 0 fully saturated rings. The van der Waals surface area contributed by atoms with Crippen LogP contribution in [0.4, 0.5) is 4.39 Å². The SMILES string of the molecule is COc1ccc2nc(-c3c(O)cccc3F)sc2c1. The van der Waals surface area contributed by atoms with Crippen molar-refractivity contribution in [3.05, 3.63) is 42.2 Å². The Morgan fingerprint density at radius 1 is 1.26 bits per heavy atom. The van der Waals surface area contributed by atoms with Crippen LogP contribution in [-0.4, -0.2) is 17.2 Å². The monoisotopic (exact) mass is 275 g/mol. The van der Waals surface area contributed by atoms with Gasteiger partial charge < -0.3 is 9.84 Å². The molecule has 3 rings (SSSR count). The molecule has 0 spiro atoms. The van der Waals surface area contributed by atoms with Crippen LogP contribution in [0.3, 0.4) is 0 Å². The normalized spacial score (nSPS) is 10.8. The van der Waals surface area contributed by atoms with Crippen molar-refractivity contribution in [1.82, 2.24) is 4.98 Å². The van der Waals surface area contributed by atoms with Crippen LogP contribution in [0.2, 0.25) is 0 Å². The topological polar surface area (TPSA) is 42.4 Å². The van der Waals surface area contributed by atoms with Gasteiger partial charge in [-0.1, -0.05) is 6.07 Å². The first kappa shape index (κ1) is 11.9. The predicted octanol–water partition coefficient (Wildman–Crippen LogP) is 3.82. The van der Waals surface area contributed by atoms with Crippen LogP contribution in [0.15, 0.2) is 36.4 Å². The zero-order chi connectivity index (χ0) is 13.4. The minimum Gasteiger partial charge on any atom is -0.507 e. The second kappa shape index (κ2) is 4.51. The van der Waals surface area contributed by atoms with Crippen LogP contribution < -0.4 is 4.74 Å².